The molecular weight excluding hydrogens is 462 g/mol. The standard InChI is InChI=1S/C25H33N7O2S/c1-15(2)35-24-22(26)20(33)12-16(3)18-14-28-25(30-23(18)31(24)4)29-19-7-6-17(13-21(19)34-5)32-10-8-27-9-11-32/h6-7,12-15,27H,8-11,26H2,1-5H3,(H,28,29,30). The number of piperazine rings is 1. The van der Waals surface area contributed by atoms with Gasteiger partial charge in [0.2, 0.25) is 11.7 Å². The summed E-state index contributed by atoms with van der Waals surface area (Å²) in [7, 11) is 3.54. The molecule has 1 aromatic carbocycles. The Morgan fingerprint density at radius 1 is 1.26 bits per heavy atom. The zero-order chi connectivity index (χ0) is 25.1. The van der Waals surface area contributed by atoms with E-state index in [2.05, 4.69) is 40.4 Å². The second-order valence-corrected chi connectivity index (χ2v) is 10.4. The van der Waals surface area contributed by atoms with E-state index in [0.717, 1.165) is 48.7 Å². The number of hydrogen-bond acceptors (Lipinski definition) is 10. The van der Waals surface area contributed by atoms with Crippen LogP contribution < -0.4 is 30.9 Å². The number of nitrogens with zero attached hydrogens (tertiary/aromatic N) is 4. The number of thioether (sulfide) groups is 1. The monoisotopic (exact) mass is 495 g/mol. The van der Waals surface area contributed by atoms with E-state index in [1.165, 1.54) is 11.8 Å². The smallest absolute Gasteiger partial charge is 0.229 e. The van der Waals surface area contributed by atoms with Crippen LogP contribution in [-0.2, 0) is 4.79 Å². The minimum atomic E-state index is -0.209. The van der Waals surface area contributed by atoms with E-state index in [-0.39, 0.29) is 16.7 Å². The van der Waals surface area contributed by atoms with E-state index < -0.39 is 0 Å². The third-order valence-corrected chi connectivity index (χ3v) is 7.11. The van der Waals surface area contributed by atoms with E-state index in [1.807, 2.05) is 31.0 Å². The highest BCUT2D eigenvalue weighted by Gasteiger charge is 2.25. The van der Waals surface area contributed by atoms with Gasteiger partial charge in [-0.3, -0.25) is 4.79 Å². The quantitative estimate of drug-likeness (QED) is 0.552. The lowest BCUT2D eigenvalue weighted by Crippen LogP contribution is -2.43. The number of aromatic nitrogens is 2. The molecule has 9 nitrogen and oxygen atoms in total. The normalized spacial score (nSPS) is 16.6. The molecular formula is C25H33N7O2S. The molecule has 0 saturated carbocycles. The van der Waals surface area contributed by atoms with Crippen molar-refractivity contribution in [2.45, 2.75) is 26.0 Å². The molecule has 10 heteroatoms. The number of ether oxygens (including phenoxy) is 1. The van der Waals surface area contributed by atoms with Crippen LogP contribution in [0.1, 0.15) is 26.3 Å². The Hall–Kier alpha value is -3.24. The average molecular weight is 496 g/mol. The molecule has 35 heavy (non-hydrogen) atoms. The summed E-state index contributed by atoms with van der Waals surface area (Å²) in [5.41, 5.74) is 9.92. The van der Waals surface area contributed by atoms with Gasteiger partial charge in [0.15, 0.2) is 0 Å². The molecule has 0 bridgehead atoms. The van der Waals surface area contributed by atoms with Gasteiger partial charge in [0.1, 0.15) is 22.3 Å². The minimum absolute atomic E-state index is 0.209. The van der Waals surface area contributed by atoms with Crippen molar-refractivity contribution < 1.29 is 9.53 Å². The Kier molecular flexibility index (Phi) is 7.51. The van der Waals surface area contributed by atoms with Gasteiger partial charge in [-0.2, -0.15) is 4.98 Å². The topological polar surface area (TPSA) is 109 Å². The maximum Gasteiger partial charge on any atom is 0.229 e. The molecule has 3 heterocycles. The van der Waals surface area contributed by atoms with Crippen molar-refractivity contribution >= 4 is 46.3 Å². The second-order valence-electron chi connectivity index (χ2n) is 8.81. The van der Waals surface area contributed by atoms with Gasteiger partial charge in [0.25, 0.3) is 0 Å². The molecule has 186 valence electrons. The molecule has 1 fully saturated rings. The van der Waals surface area contributed by atoms with E-state index in [9.17, 15) is 4.79 Å². The summed E-state index contributed by atoms with van der Waals surface area (Å²) in [6, 6.07) is 6.10. The fourth-order valence-electron chi connectivity index (χ4n) is 4.09. The molecule has 1 saturated heterocycles. The molecule has 2 aliphatic rings. The molecule has 2 aromatic rings. The van der Waals surface area contributed by atoms with Crippen LogP contribution in [0.3, 0.4) is 0 Å². The first-order valence-corrected chi connectivity index (χ1v) is 12.6. The van der Waals surface area contributed by atoms with Gasteiger partial charge < -0.3 is 30.9 Å². The maximum absolute atomic E-state index is 12.7. The van der Waals surface area contributed by atoms with Crippen LogP contribution in [0.5, 0.6) is 5.75 Å². The molecule has 1 aromatic heterocycles. The number of benzene rings is 1. The maximum atomic E-state index is 12.7. The Labute approximate surface area is 210 Å². The Morgan fingerprint density at radius 3 is 2.69 bits per heavy atom. The SMILES string of the molecule is COc1cc(N2CCNCC2)ccc1Nc1ncc2c(n1)N(C)C(SC(C)C)=C(N)C(=O)C=C2C. The summed E-state index contributed by atoms with van der Waals surface area (Å²) in [6.07, 6.45) is 3.29. The highest BCUT2D eigenvalue weighted by molar-refractivity contribution is 8.03. The lowest BCUT2D eigenvalue weighted by atomic mass is 10.1. The van der Waals surface area contributed by atoms with Gasteiger partial charge in [-0.05, 0) is 30.7 Å². The van der Waals surface area contributed by atoms with Crippen LogP contribution in [0.2, 0.25) is 0 Å². The van der Waals surface area contributed by atoms with Gasteiger partial charge in [0, 0.05) is 62.0 Å². The van der Waals surface area contributed by atoms with Gasteiger partial charge in [-0.1, -0.05) is 13.8 Å². The summed E-state index contributed by atoms with van der Waals surface area (Å²) in [5.74, 6) is 1.61. The molecule has 0 atom stereocenters. The van der Waals surface area contributed by atoms with Crippen molar-refractivity contribution in [2.24, 2.45) is 5.73 Å². The van der Waals surface area contributed by atoms with Crippen molar-refractivity contribution in [3.05, 3.63) is 46.8 Å². The van der Waals surface area contributed by atoms with Crippen LogP contribution in [0.4, 0.5) is 23.1 Å². The number of carbonyl (C=O) groups is 1. The number of methoxy groups -OCH3 is 1. The first kappa shape index (κ1) is 24.9. The van der Waals surface area contributed by atoms with Gasteiger partial charge in [-0.15, -0.1) is 11.8 Å². The molecule has 4 rings (SSSR count). The first-order chi connectivity index (χ1) is 16.8. The molecule has 0 unspecified atom stereocenters. The zero-order valence-corrected chi connectivity index (χ0v) is 21.7. The van der Waals surface area contributed by atoms with Crippen molar-refractivity contribution in [3.8, 4) is 5.75 Å². The van der Waals surface area contributed by atoms with Crippen molar-refractivity contribution in [3.63, 3.8) is 0 Å². The summed E-state index contributed by atoms with van der Waals surface area (Å²) in [6.45, 7) is 9.84. The molecule has 0 aliphatic carbocycles. The number of carbonyl (C=O) groups excluding carboxylic acids is 1. The summed E-state index contributed by atoms with van der Waals surface area (Å²) >= 11 is 1.53. The Bertz CT molecular complexity index is 1170. The fourth-order valence-corrected chi connectivity index (χ4v) is 5.01. The van der Waals surface area contributed by atoms with Crippen LogP contribution in [-0.4, -0.2) is 61.3 Å². The number of rotatable bonds is 6. The number of anilines is 4. The number of allylic oxidation sites excluding steroid dienone is 2. The minimum Gasteiger partial charge on any atom is -0.494 e. The Balaban J connectivity index is 1.68. The predicted octanol–water partition coefficient (Wildman–Crippen LogP) is 3.33. The van der Waals surface area contributed by atoms with Gasteiger partial charge in [0.05, 0.1) is 12.8 Å². The number of ketones is 1. The van der Waals surface area contributed by atoms with Gasteiger partial charge >= 0.3 is 0 Å². The second kappa shape index (κ2) is 10.6. The molecule has 0 spiro atoms. The van der Waals surface area contributed by atoms with Crippen molar-refractivity contribution in [1.29, 1.82) is 0 Å². The average Bonchev–Trinajstić information content (AvgIpc) is 2.86. The largest absolute Gasteiger partial charge is 0.494 e. The lowest BCUT2D eigenvalue weighted by Gasteiger charge is -2.30. The molecule has 2 aliphatic heterocycles. The van der Waals surface area contributed by atoms with Crippen molar-refractivity contribution in [2.75, 3.05) is 55.5 Å². The molecule has 0 amide bonds. The molecule has 0 radical (unpaired) electrons. The highest BCUT2D eigenvalue weighted by Crippen LogP contribution is 2.37. The van der Waals surface area contributed by atoms with E-state index in [4.69, 9.17) is 15.5 Å². The summed E-state index contributed by atoms with van der Waals surface area (Å²) in [4.78, 5) is 26.2. The van der Waals surface area contributed by atoms with E-state index in [0.29, 0.717) is 22.5 Å². The van der Waals surface area contributed by atoms with Crippen molar-refractivity contribution in [1.82, 2.24) is 15.3 Å². The van der Waals surface area contributed by atoms with Crippen LogP contribution in [0.15, 0.2) is 41.2 Å². The number of nitrogens with one attached hydrogen (secondary N) is 2. The van der Waals surface area contributed by atoms with E-state index >= 15 is 0 Å². The lowest BCUT2D eigenvalue weighted by molar-refractivity contribution is -0.111. The summed E-state index contributed by atoms with van der Waals surface area (Å²) < 4.78 is 5.68. The number of hydrogen-bond donors (Lipinski definition) is 3. The highest BCUT2D eigenvalue weighted by atomic mass is 32.2. The number of fused-ring (bicyclic) bond motifs is 1. The third-order valence-electron chi connectivity index (χ3n) is 5.92. The third kappa shape index (κ3) is 5.38. The van der Waals surface area contributed by atoms with Gasteiger partial charge in [-0.25, -0.2) is 4.98 Å². The summed E-state index contributed by atoms with van der Waals surface area (Å²) in [5, 5.41) is 7.60. The zero-order valence-electron chi connectivity index (χ0n) is 20.9. The fraction of sp³-hybridized carbons (Fsp3) is 0.400. The van der Waals surface area contributed by atoms with E-state index in [1.54, 1.807) is 19.4 Å². The van der Waals surface area contributed by atoms with Crippen LogP contribution >= 0.6 is 11.8 Å². The van der Waals surface area contributed by atoms with Crippen LogP contribution in [0.25, 0.3) is 5.57 Å². The Morgan fingerprint density at radius 2 is 2.00 bits per heavy atom. The van der Waals surface area contributed by atoms with Crippen LogP contribution in [0, 0.1) is 0 Å². The molecule has 4 N–H and O–H groups in total. The predicted molar refractivity (Wildman–Crippen MR) is 144 cm³/mol. The first-order valence-electron chi connectivity index (χ1n) is 11.7. The number of nitrogens with two attached hydrogens (primary N) is 1.